The smallest absolute Gasteiger partial charge is 0.411 e. The molecule has 0 saturated heterocycles. The van der Waals surface area contributed by atoms with E-state index < -0.39 is 6.09 Å². The van der Waals surface area contributed by atoms with E-state index in [0.717, 1.165) is 6.42 Å². The number of anilines is 1. The van der Waals surface area contributed by atoms with E-state index in [-0.39, 0.29) is 0 Å². The Labute approximate surface area is 133 Å². The van der Waals surface area contributed by atoms with Gasteiger partial charge < -0.3 is 14.4 Å². The molecule has 0 spiro atoms. The van der Waals surface area contributed by atoms with E-state index in [1.165, 1.54) is 19.3 Å². The maximum Gasteiger partial charge on any atom is 0.411 e. The molecule has 1 rings (SSSR count). The fraction of sp³-hybridized carbons (Fsp3) is 0.588. The molecule has 0 atom stereocenters. The highest BCUT2D eigenvalue weighted by Gasteiger charge is 2.08. The van der Waals surface area contributed by atoms with Gasteiger partial charge in [-0.1, -0.05) is 38.3 Å². The second kappa shape index (κ2) is 10.9. The maximum atomic E-state index is 11.8. The third kappa shape index (κ3) is 7.88. The number of amides is 1. The van der Waals surface area contributed by atoms with Crippen molar-refractivity contribution in [3.8, 4) is 5.75 Å². The van der Waals surface area contributed by atoms with Crippen molar-refractivity contribution in [3.05, 3.63) is 24.3 Å². The number of nitrogens with one attached hydrogen (secondary N) is 1. The van der Waals surface area contributed by atoms with Crippen molar-refractivity contribution < 1.29 is 14.3 Å². The topological polar surface area (TPSA) is 50.8 Å². The molecular weight excluding hydrogens is 280 g/mol. The van der Waals surface area contributed by atoms with Gasteiger partial charge in [-0.25, -0.2) is 4.79 Å². The van der Waals surface area contributed by atoms with E-state index in [1.807, 2.05) is 43.3 Å². The predicted octanol–water partition coefficient (Wildman–Crippen LogP) is 3.76. The van der Waals surface area contributed by atoms with Gasteiger partial charge in [0.1, 0.15) is 12.4 Å². The fourth-order valence-electron chi connectivity index (χ4n) is 1.87. The van der Waals surface area contributed by atoms with Gasteiger partial charge in [-0.3, -0.25) is 5.32 Å². The average Bonchev–Trinajstić information content (AvgIpc) is 2.48. The fourth-order valence-corrected chi connectivity index (χ4v) is 1.87. The van der Waals surface area contributed by atoms with Crippen LogP contribution < -0.4 is 10.1 Å². The molecule has 0 unspecified atom stereocenters. The van der Waals surface area contributed by atoms with Crippen LogP contribution in [0.2, 0.25) is 0 Å². The molecule has 1 aromatic carbocycles. The number of para-hydroxylation sites is 2. The quantitative estimate of drug-likeness (QED) is 0.669. The minimum atomic E-state index is -0.455. The van der Waals surface area contributed by atoms with Crippen LogP contribution in [0.25, 0.3) is 0 Å². The van der Waals surface area contributed by atoms with Crippen molar-refractivity contribution in [2.24, 2.45) is 0 Å². The van der Waals surface area contributed by atoms with Gasteiger partial charge >= 0.3 is 6.09 Å². The number of hydrogen-bond donors (Lipinski definition) is 1. The molecule has 1 aromatic rings. The first kappa shape index (κ1) is 18.3. The summed E-state index contributed by atoms with van der Waals surface area (Å²) in [4.78, 5) is 13.7. The summed E-state index contributed by atoms with van der Waals surface area (Å²) in [6, 6.07) is 7.42. The molecule has 1 amide bonds. The highest BCUT2D eigenvalue weighted by Crippen LogP contribution is 2.24. The van der Waals surface area contributed by atoms with Gasteiger partial charge in [0.15, 0.2) is 0 Å². The molecule has 0 aliphatic heterocycles. The molecule has 22 heavy (non-hydrogen) atoms. The predicted molar refractivity (Wildman–Crippen MR) is 89.6 cm³/mol. The number of likely N-dealkylation sites (N-methyl/N-ethyl adjacent to an activating group) is 1. The number of rotatable bonds is 10. The van der Waals surface area contributed by atoms with Gasteiger partial charge in [0, 0.05) is 6.54 Å². The number of nitrogens with zero attached hydrogens (tertiary/aromatic N) is 1. The van der Waals surface area contributed by atoms with Crippen molar-refractivity contribution in [2.75, 3.05) is 39.2 Å². The summed E-state index contributed by atoms with van der Waals surface area (Å²) in [5, 5.41) is 2.73. The second-order valence-corrected chi connectivity index (χ2v) is 5.47. The van der Waals surface area contributed by atoms with Gasteiger partial charge in [0.05, 0.1) is 12.3 Å². The summed E-state index contributed by atoms with van der Waals surface area (Å²) in [7, 11) is 3.87. The monoisotopic (exact) mass is 308 g/mol. The van der Waals surface area contributed by atoms with E-state index in [0.29, 0.717) is 31.2 Å². The highest BCUT2D eigenvalue weighted by molar-refractivity contribution is 5.86. The summed E-state index contributed by atoms with van der Waals surface area (Å²) in [5.41, 5.74) is 0.646. The van der Waals surface area contributed by atoms with Crippen LogP contribution in [0.1, 0.15) is 32.6 Å². The third-order valence-electron chi connectivity index (χ3n) is 3.15. The Morgan fingerprint density at radius 1 is 1.14 bits per heavy atom. The normalized spacial score (nSPS) is 10.5. The van der Waals surface area contributed by atoms with Gasteiger partial charge in [0.25, 0.3) is 0 Å². The maximum absolute atomic E-state index is 11.8. The lowest BCUT2D eigenvalue weighted by molar-refractivity contribution is 0.151. The van der Waals surface area contributed by atoms with Crippen molar-refractivity contribution in [3.63, 3.8) is 0 Å². The van der Waals surface area contributed by atoms with Crippen molar-refractivity contribution in [2.45, 2.75) is 32.6 Å². The Bertz CT molecular complexity index is 436. The van der Waals surface area contributed by atoms with Crippen LogP contribution in [-0.4, -0.2) is 44.8 Å². The zero-order valence-electron chi connectivity index (χ0n) is 13.9. The summed E-state index contributed by atoms with van der Waals surface area (Å²) < 4.78 is 10.9. The number of benzene rings is 1. The lowest BCUT2D eigenvalue weighted by Crippen LogP contribution is -2.22. The number of carbonyl (C=O) groups is 1. The Kier molecular flexibility index (Phi) is 9.07. The van der Waals surface area contributed by atoms with Crippen molar-refractivity contribution in [1.82, 2.24) is 4.90 Å². The van der Waals surface area contributed by atoms with E-state index >= 15 is 0 Å². The lowest BCUT2D eigenvalue weighted by Gasteiger charge is -2.13. The molecule has 0 saturated carbocycles. The van der Waals surface area contributed by atoms with Gasteiger partial charge in [-0.2, -0.15) is 0 Å². The van der Waals surface area contributed by atoms with E-state index in [9.17, 15) is 4.79 Å². The third-order valence-corrected chi connectivity index (χ3v) is 3.15. The molecule has 0 radical (unpaired) electrons. The van der Waals surface area contributed by atoms with Crippen LogP contribution in [0.4, 0.5) is 10.5 Å². The molecular formula is C17H28N2O3. The number of unbranched alkanes of at least 4 members (excludes halogenated alkanes) is 3. The molecule has 0 bridgehead atoms. The van der Waals surface area contributed by atoms with Crippen LogP contribution in [-0.2, 0) is 4.74 Å². The zero-order valence-corrected chi connectivity index (χ0v) is 13.9. The van der Waals surface area contributed by atoms with E-state index in [2.05, 4.69) is 12.2 Å². The van der Waals surface area contributed by atoms with Crippen LogP contribution >= 0.6 is 0 Å². The van der Waals surface area contributed by atoms with Crippen LogP contribution in [0.3, 0.4) is 0 Å². The first-order chi connectivity index (χ1) is 10.6. The molecule has 5 nitrogen and oxygen atoms in total. The minimum absolute atomic E-state index is 0.360. The Morgan fingerprint density at radius 2 is 1.91 bits per heavy atom. The Hall–Kier alpha value is -1.75. The van der Waals surface area contributed by atoms with Gasteiger partial charge in [-0.05, 0) is 32.6 Å². The first-order valence-corrected chi connectivity index (χ1v) is 7.93. The summed E-state index contributed by atoms with van der Waals surface area (Å²) in [6.45, 7) is 3.90. The zero-order chi connectivity index (χ0) is 16.2. The number of carbonyl (C=O) groups excluding carboxylic acids is 1. The van der Waals surface area contributed by atoms with E-state index in [4.69, 9.17) is 9.47 Å². The molecule has 0 aliphatic carbocycles. The molecule has 5 heteroatoms. The van der Waals surface area contributed by atoms with E-state index in [1.54, 1.807) is 0 Å². The summed E-state index contributed by atoms with van der Waals surface area (Å²) in [6.07, 6.45) is 4.16. The Balaban J connectivity index is 2.40. The Morgan fingerprint density at radius 3 is 2.64 bits per heavy atom. The largest absolute Gasteiger partial charge is 0.491 e. The van der Waals surface area contributed by atoms with Crippen molar-refractivity contribution >= 4 is 11.8 Å². The first-order valence-electron chi connectivity index (χ1n) is 7.93. The molecule has 0 aliphatic rings. The van der Waals surface area contributed by atoms with Gasteiger partial charge in [0.2, 0.25) is 0 Å². The molecule has 1 N–H and O–H groups in total. The lowest BCUT2D eigenvalue weighted by atomic mass is 10.2. The molecule has 0 fully saturated rings. The SMILES string of the molecule is CCCCCCOc1ccccc1NC(=O)OCCN(C)C. The molecule has 0 heterocycles. The van der Waals surface area contributed by atoms with Crippen LogP contribution in [0, 0.1) is 0 Å². The summed E-state index contributed by atoms with van der Waals surface area (Å²) in [5.74, 6) is 0.684. The van der Waals surface area contributed by atoms with Gasteiger partial charge in [-0.15, -0.1) is 0 Å². The van der Waals surface area contributed by atoms with Crippen molar-refractivity contribution in [1.29, 1.82) is 0 Å². The molecule has 0 aromatic heterocycles. The highest BCUT2D eigenvalue weighted by atomic mass is 16.5. The van der Waals surface area contributed by atoms with Crippen LogP contribution in [0.15, 0.2) is 24.3 Å². The minimum Gasteiger partial charge on any atom is -0.491 e. The second-order valence-electron chi connectivity index (χ2n) is 5.47. The number of hydrogen-bond acceptors (Lipinski definition) is 4. The standard InChI is InChI=1S/C17H28N2O3/c1-4-5-6-9-13-21-16-11-8-7-10-15(16)18-17(20)22-14-12-19(2)3/h7-8,10-11H,4-6,9,12-14H2,1-3H3,(H,18,20). The summed E-state index contributed by atoms with van der Waals surface area (Å²) >= 11 is 0. The van der Waals surface area contributed by atoms with Crippen LogP contribution in [0.5, 0.6) is 5.75 Å². The number of ether oxygens (including phenoxy) is 2. The average molecular weight is 308 g/mol. The molecule has 124 valence electrons.